The maximum Gasteiger partial charge on any atom is 0.254 e. The molecule has 0 nitrogen and oxygen atoms in total. The summed E-state index contributed by atoms with van der Waals surface area (Å²) < 4.78 is 253. The number of halogens is 17. The lowest BCUT2D eigenvalue weighted by Gasteiger charge is -2.23. The quantitative estimate of drug-likeness (QED) is 0.0578. The van der Waals surface area contributed by atoms with Crippen molar-refractivity contribution in [1.82, 2.24) is 0 Å². The zero-order chi connectivity index (χ0) is 35.4. The molecule has 0 N–H and O–H groups in total. The molecule has 0 bridgehead atoms. The van der Waals surface area contributed by atoms with Gasteiger partial charge in [0.05, 0.1) is 21.5 Å². The molecule has 0 amide bonds. The van der Waals surface area contributed by atoms with Crippen LogP contribution in [0.2, 0.25) is 0 Å². The second kappa shape index (κ2) is 11.0. The van der Waals surface area contributed by atoms with Crippen molar-refractivity contribution in [3.8, 4) is 0 Å². The molecule has 48 heavy (non-hydrogen) atoms. The Morgan fingerprint density at radius 1 is 0.271 bits per heavy atom. The minimum absolute atomic E-state index is 0.152. The van der Waals surface area contributed by atoms with E-state index < -0.39 is 154 Å². The lowest BCUT2D eigenvalue weighted by Crippen LogP contribution is -2.57. The van der Waals surface area contributed by atoms with Gasteiger partial charge in [-0.25, -0.2) is 74.6 Å². The highest BCUT2D eigenvalue weighted by atomic mass is 19.2. The lowest BCUT2D eigenvalue weighted by molar-refractivity contribution is 0.384. The van der Waals surface area contributed by atoms with Crippen LogP contribution in [-0.2, 0) is 0 Å². The summed E-state index contributed by atoms with van der Waals surface area (Å²) in [7, 11) is 0. The molecule has 6 rings (SSSR count). The fraction of sp³-hybridized carbons (Fsp3) is 0. The van der Waals surface area contributed by atoms with Gasteiger partial charge in [-0.3, -0.25) is 0 Å². The van der Waals surface area contributed by atoms with Crippen LogP contribution in [0.1, 0.15) is 0 Å². The third-order valence-electron chi connectivity index (χ3n) is 7.69. The third-order valence-corrected chi connectivity index (χ3v) is 7.69. The first-order valence-corrected chi connectivity index (χ1v) is 12.7. The molecule has 6 aromatic rings. The van der Waals surface area contributed by atoms with E-state index in [2.05, 4.69) is 0 Å². The Labute approximate surface area is 253 Å². The van der Waals surface area contributed by atoms with Crippen molar-refractivity contribution in [1.29, 1.82) is 0 Å². The van der Waals surface area contributed by atoms with Gasteiger partial charge in [0.2, 0.25) is 0 Å². The fourth-order valence-corrected chi connectivity index (χ4v) is 5.62. The van der Waals surface area contributed by atoms with Gasteiger partial charge in [0, 0.05) is 10.8 Å². The van der Waals surface area contributed by atoms with Crippen LogP contribution in [0, 0.1) is 98.9 Å². The van der Waals surface area contributed by atoms with Crippen molar-refractivity contribution in [2.24, 2.45) is 0 Å². The Hall–Kier alpha value is -5.03. The molecule has 18 heteroatoms. The normalized spacial score (nSPS) is 11.9. The van der Waals surface area contributed by atoms with Crippen LogP contribution < -0.4 is 16.4 Å². The molecule has 0 aliphatic heterocycles. The predicted octanol–water partition coefficient (Wildman–Crippen LogP) is 8.03. The number of hydrogen-bond donors (Lipinski definition) is 0. The maximum atomic E-state index is 16.2. The molecule has 0 saturated carbocycles. The van der Waals surface area contributed by atoms with Crippen LogP contribution in [0.15, 0.2) is 24.3 Å². The minimum atomic E-state index is -3.34. The van der Waals surface area contributed by atoms with E-state index in [0.717, 1.165) is 0 Å². The van der Waals surface area contributed by atoms with Gasteiger partial charge in [0.1, 0.15) is 17.5 Å². The summed E-state index contributed by atoms with van der Waals surface area (Å²) in [4.78, 5) is 0. The summed E-state index contributed by atoms with van der Waals surface area (Å²) in [5.41, 5.74) is -5.77. The molecular formula is C30H4BF17. The summed E-state index contributed by atoms with van der Waals surface area (Å²) in [5, 5.41) is -11.6. The SMILES string of the molecule is Fc1ccc2c(B(c3c(F)c(F)c(F)c(F)c3F)c3c(F)c(F)c(F)c4c(F)c5c(F)c(F)c(F)c(F)c5c(F)c34)ccc(F)c2c1F. The number of rotatable bonds is 3. The van der Waals surface area contributed by atoms with Gasteiger partial charge in [0.25, 0.3) is 6.71 Å². The van der Waals surface area contributed by atoms with E-state index in [0.29, 0.717) is 6.07 Å². The number of benzene rings is 6. The summed E-state index contributed by atoms with van der Waals surface area (Å²) >= 11 is 0. The Morgan fingerprint density at radius 3 is 1.17 bits per heavy atom. The lowest BCUT2D eigenvalue weighted by atomic mass is 9.35. The largest absolute Gasteiger partial charge is 0.254 e. The topological polar surface area (TPSA) is 0 Å². The fourth-order valence-electron chi connectivity index (χ4n) is 5.62. The molecule has 0 spiro atoms. The van der Waals surface area contributed by atoms with Gasteiger partial charge in [-0.05, 0) is 23.0 Å². The van der Waals surface area contributed by atoms with Gasteiger partial charge in [0.15, 0.2) is 81.4 Å². The molecule has 0 aliphatic rings. The highest BCUT2D eigenvalue weighted by Crippen LogP contribution is 2.38. The van der Waals surface area contributed by atoms with Gasteiger partial charge in [-0.1, -0.05) is 17.6 Å². The van der Waals surface area contributed by atoms with Crippen molar-refractivity contribution >= 4 is 55.4 Å². The summed E-state index contributed by atoms with van der Waals surface area (Å²) in [6, 6.07) is 1.04. The third kappa shape index (κ3) is 4.19. The van der Waals surface area contributed by atoms with Crippen molar-refractivity contribution in [2.45, 2.75) is 0 Å². The molecule has 0 aromatic heterocycles. The Morgan fingerprint density at radius 2 is 0.646 bits per heavy atom. The molecule has 0 fully saturated rings. The van der Waals surface area contributed by atoms with Crippen LogP contribution >= 0.6 is 0 Å². The van der Waals surface area contributed by atoms with E-state index in [4.69, 9.17) is 0 Å². The van der Waals surface area contributed by atoms with Crippen molar-refractivity contribution < 1.29 is 74.6 Å². The van der Waals surface area contributed by atoms with E-state index in [-0.39, 0.29) is 18.2 Å². The zero-order valence-corrected chi connectivity index (χ0v) is 22.3. The highest BCUT2D eigenvalue weighted by molar-refractivity contribution is 6.98. The van der Waals surface area contributed by atoms with Gasteiger partial charge >= 0.3 is 0 Å². The Kier molecular flexibility index (Phi) is 7.55. The molecule has 0 unspecified atom stereocenters. The molecule has 0 radical (unpaired) electrons. The minimum Gasteiger partial charge on any atom is -0.206 e. The average molecular weight is 698 g/mol. The van der Waals surface area contributed by atoms with Crippen LogP contribution in [0.3, 0.4) is 0 Å². The number of fused-ring (bicyclic) bond motifs is 3. The second-order valence-electron chi connectivity index (χ2n) is 10.1. The van der Waals surface area contributed by atoms with Crippen molar-refractivity contribution in [3.63, 3.8) is 0 Å². The maximum absolute atomic E-state index is 16.2. The molecule has 0 heterocycles. The molecule has 0 atom stereocenters. The molecule has 6 aromatic carbocycles. The van der Waals surface area contributed by atoms with E-state index >= 15 is 30.7 Å². The molecular weight excluding hydrogens is 694 g/mol. The predicted molar refractivity (Wildman–Crippen MR) is 136 cm³/mol. The first-order valence-electron chi connectivity index (χ1n) is 12.7. The van der Waals surface area contributed by atoms with E-state index in [1.165, 1.54) is 0 Å². The van der Waals surface area contributed by atoms with Gasteiger partial charge < -0.3 is 0 Å². The first kappa shape index (κ1) is 32.9. The Balaban J connectivity index is 1.97. The molecule has 0 saturated heterocycles. The standard InChI is InChI=1S/C30H4BF17/c32-7-4-2-6(5-1-3-8(33)16(34)9(5)7)31(15-23(41)28(46)30(48)29(47)24(15)42)14-10-11(19(37)25(43)22(14)40)18(36)13-12(17(10)35)20(38)26(44)27(45)21(13)39/h1-4H. The smallest absolute Gasteiger partial charge is 0.206 e. The summed E-state index contributed by atoms with van der Waals surface area (Å²) in [6.07, 6.45) is 0. The summed E-state index contributed by atoms with van der Waals surface area (Å²) in [5.74, 6) is -44.9. The number of hydrogen-bond acceptors (Lipinski definition) is 0. The van der Waals surface area contributed by atoms with Crippen LogP contribution in [0.4, 0.5) is 74.6 Å². The zero-order valence-electron chi connectivity index (χ0n) is 22.3. The van der Waals surface area contributed by atoms with Crippen molar-refractivity contribution in [3.05, 3.63) is 123 Å². The Bertz CT molecular complexity index is 2410. The van der Waals surface area contributed by atoms with Crippen molar-refractivity contribution in [2.75, 3.05) is 0 Å². The van der Waals surface area contributed by atoms with Gasteiger partial charge in [-0.2, -0.15) is 0 Å². The molecule has 0 aliphatic carbocycles. The second-order valence-corrected chi connectivity index (χ2v) is 10.1. The van der Waals surface area contributed by atoms with Crippen LogP contribution in [0.25, 0.3) is 32.3 Å². The first-order chi connectivity index (χ1) is 22.4. The van der Waals surface area contributed by atoms with E-state index in [1.807, 2.05) is 0 Å². The van der Waals surface area contributed by atoms with E-state index in [1.54, 1.807) is 0 Å². The highest BCUT2D eigenvalue weighted by Gasteiger charge is 2.42. The van der Waals surface area contributed by atoms with E-state index in [9.17, 15) is 43.9 Å². The van der Waals surface area contributed by atoms with Crippen LogP contribution in [-0.4, -0.2) is 6.71 Å². The molecule has 246 valence electrons. The average Bonchev–Trinajstić information content (AvgIpc) is 3.05. The van der Waals surface area contributed by atoms with Crippen LogP contribution in [0.5, 0.6) is 0 Å². The van der Waals surface area contributed by atoms with Gasteiger partial charge in [-0.15, -0.1) is 0 Å². The monoisotopic (exact) mass is 698 g/mol. The summed E-state index contributed by atoms with van der Waals surface area (Å²) in [6.45, 7) is -3.34.